The van der Waals surface area contributed by atoms with Crippen LogP contribution in [0.25, 0.3) is 11.0 Å². The minimum atomic E-state index is -1.17. The van der Waals surface area contributed by atoms with Gasteiger partial charge >= 0.3 is 0 Å². The predicted molar refractivity (Wildman–Crippen MR) is 62.4 cm³/mol. The largest absolute Gasteiger partial charge is 0.394 e. The highest BCUT2D eigenvalue weighted by Crippen LogP contribution is 2.33. The summed E-state index contributed by atoms with van der Waals surface area (Å²) in [6.07, 6.45) is 0.909. The zero-order valence-corrected chi connectivity index (χ0v) is 9.53. The van der Waals surface area contributed by atoms with E-state index in [9.17, 15) is 4.39 Å². The van der Waals surface area contributed by atoms with Gasteiger partial charge in [0.05, 0.1) is 18.5 Å². The smallest absolute Gasteiger partial charge is 0.151 e. The molecule has 0 aliphatic carbocycles. The standard InChI is InChI=1S/C11H13FN4O2/c12-6-3-9(18-8(6)4-17)16-5-15-10-7(16)1-2-14-11(10)13/h1-2,5-6,8-9,17H,3-4H2,(H2,13,14)/t6-,8?,9+/m0/s1. The maximum Gasteiger partial charge on any atom is 0.151 e. The van der Waals surface area contributed by atoms with Gasteiger partial charge in [-0.25, -0.2) is 14.4 Å². The second-order valence-corrected chi connectivity index (χ2v) is 4.28. The number of pyridine rings is 1. The number of rotatable bonds is 2. The highest BCUT2D eigenvalue weighted by atomic mass is 19.1. The Labute approximate surface area is 102 Å². The summed E-state index contributed by atoms with van der Waals surface area (Å²) in [6, 6.07) is 1.75. The van der Waals surface area contributed by atoms with Gasteiger partial charge in [0, 0.05) is 12.6 Å². The second-order valence-electron chi connectivity index (χ2n) is 4.28. The Morgan fingerprint density at radius 3 is 3.11 bits per heavy atom. The predicted octanol–water partition coefficient (Wildman–Crippen LogP) is 0.631. The molecule has 96 valence electrons. The van der Waals surface area contributed by atoms with Crippen molar-refractivity contribution in [1.82, 2.24) is 14.5 Å². The number of imidazole rings is 1. The average molecular weight is 252 g/mol. The highest BCUT2D eigenvalue weighted by Gasteiger charge is 2.36. The fourth-order valence-electron chi connectivity index (χ4n) is 2.24. The molecule has 0 aromatic carbocycles. The van der Waals surface area contributed by atoms with Crippen molar-refractivity contribution in [3.63, 3.8) is 0 Å². The van der Waals surface area contributed by atoms with Gasteiger partial charge in [0.2, 0.25) is 0 Å². The van der Waals surface area contributed by atoms with Crippen LogP contribution >= 0.6 is 0 Å². The summed E-state index contributed by atoms with van der Waals surface area (Å²) in [5.41, 5.74) is 7.03. The summed E-state index contributed by atoms with van der Waals surface area (Å²) in [6.45, 7) is -0.325. The van der Waals surface area contributed by atoms with E-state index in [-0.39, 0.29) is 13.0 Å². The van der Waals surface area contributed by atoms with E-state index in [0.717, 1.165) is 5.52 Å². The Bertz CT molecular complexity index is 573. The first-order chi connectivity index (χ1) is 8.70. The van der Waals surface area contributed by atoms with E-state index in [4.69, 9.17) is 15.6 Å². The summed E-state index contributed by atoms with van der Waals surface area (Å²) in [4.78, 5) is 8.09. The number of aliphatic hydroxyl groups excluding tert-OH is 1. The Balaban J connectivity index is 1.99. The number of fused-ring (bicyclic) bond motifs is 1. The van der Waals surface area contributed by atoms with Crippen LogP contribution in [-0.4, -0.2) is 38.5 Å². The molecule has 18 heavy (non-hydrogen) atoms. The average Bonchev–Trinajstić information content (AvgIpc) is 2.93. The van der Waals surface area contributed by atoms with Crippen molar-refractivity contribution < 1.29 is 14.2 Å². The quantitative estimate of drug-likeness (QED) is 0.818. The van der Waals surface area contributed by atoms with E-state index in [1.54, 1.807) is 23.2 Å². The maximum absolute atomic E-state index is 13.6. The molecule has 6 nitrogen and oxygen atoms in total. The molecule has 2 aromatic rings. The third-order valence-electron chi connectivity index (χ3n) is 3.17. The SMILES string of the molecule is Nc1nccc2c1ncn2[C@H]1C[C@H](F)C(CO)O1. The van der Waals surface area contributed by atoms with Crippen LogP contribution in [0.1, 0.15) is 12.6 Å². The number of halogens is 1. The van der Waals surface area contributed by atoms with Crippen molar-refractivity contribution in [3.8, 4) is 0 Å². The number of hydrogen-bond donors (Lipinski definition) is 2. The molecule has 1 aliphatic rings. The van der Waals surface area contributed by atoms with Gasteiger partial charge in [0.25, 0.3) is 0 Å². The number of nitrogen functional groups attached to an aromatic ring is 1. The molecule has 3 rings (SSSR count). The number of aromatic nitrogens is 3. The van der Waals surface area contributed by atoms with Crippen molar-refractivity contribution in [2.45, 2.75) is 24.9 Å². The molecule has 0 bridgehead atoms. The van der Waals surface area contributed by atoms with Crippen molar-refractivity contribution in [2.75, 3.05) is 12.3 Å². The van der Waals surface area contributed by atoms with Crippen LogP contribution in [0.4, 0.5) is 10.2 Å². The summed E-state index contributed by atoms with van der Waals surface area (Å²) in [7, 11) is 0. The topological polar surface area (TPSA) is 86.2 Å². The van der Waals surface area contributed by atoms with Crippen LogP contribution in [0.3, 0.4) is 0 Å². The van der Waals surface area contributed by atoms with Crippen LogP contribution in [0.5, 0.6) is 0 Å². The molecule has 0 spiro atoms. The van der Waals surface area contributed by atoms with Crippen molar-refractivity contribution in [2.24, 2.45) is 0 Å². The van der Waals surface area contributed by atoms with Crippen LogP contribution < -0.4 is 5.73 Å². The van der Waals surface area contributed by atoms with Crippen molar-refractivity contribution in [3.05, 3.63) is 18.6 Å². The lowest BCUT2D eigenvalue weighted by Gasteiger charge is -2.13. The molecular weight excluding hydrogens is 239 g/mol. The van der Waals surface area contributed by atoms with Gasteiger partial charge in [0.1, 0.15) is 24.0 Å². The molecule has 0 saturated carbocycles. The first kappa shape index (κ1) is 11.4. The van der Waals surface area contributed by atoms with E-state index < -0.39 is 18.5 Å². The third kappa shape index (κ3) is 1.63. The van der Waals surface area contributed by atoms with Crippen LogP contribution in [-0.2, 0) is 4.74 Å². The van der Waals surface area contributed by atoms with Gasteiger partial charge in [0.15, 0.2) is 5.82 Å². The molecule has 0 radical (unpaired) electrons. The molecule has 1 aliphatic heterocycles. The highest BCUT2D eigenvalue weighted by molar-refractivity contribution is 5.84. The molecule has 1 unspecified atom stereocenters. The molecule has 3 atom stereocenters. The van der Waals surface area contributed by atoms with Crippen molar-refractivity contribution in [1.29, 1.82) is 0 Å². The first-order valence-corrected chi connectivity index (χ1v) is 5.68. The molecular formula is C11H13FN4O2. The number of aliphatic hydroxyl groups is 1. The van der Waals surface area contributed by atoms with Gasteiger partial charge in [-0.05, 0) is 6.07 Å². The zero-order valence-electron chi connectivity index (χ0n) is 9.53. The summed E-state index contributed by atoms with van der Waals surface area (Å²) >= 11 is 0. The molecule has 1 fully saturated rings. The van der Waals surface area contributed by atoms with E-state index >= 15 is 0 Å². The lowest BCUT2D eigenvalue weighted by molar-refractivity contribution is -0.0321. The van der Waals surface area contributed by atoms with Gasteiger partial charge in [-0.1, -0.05) is 0 Å². The Hall–Kier alpha value is -1.73. The number of alkyl halides is 1. The maximum atomic E-state index is 13.6. The van der Waals surface area contributed by atoms with Crippen molar-refractivity contribution >= 4 is 16.9 Å². The molecule has 3 N–H and O–H groups in total. The Morgan fingerprint density at radius 2 is 2.39 bits per heavy atom. The lowest BCUT2D eigenvalue weighted by Crippen LogP contribution is -2.21. The fourth-order valence-corrected chi connectivity index (χ4v) is 2.24. The minimum absolute atomic E-state index is 0.193. The second kappa shape index (κ2) is 4.18. The monoisotopic (exact) mass is 252 g/mol. The number of nitrogens with zero attached hydrogens (tertiary/aromatic N) is 3. The zero-order chi connectivity index (χ0) is 12.7. The van der Waals surface area contributed by atoms with E-state index in [1.165, 1.54) is 0 Å². The van der Waals surface area contributed by atoms with Gasteiger partial charge in [-0.3, -0.25) is 0 Å². The minimum Gasteiger partial charge on any atom is -0.394 e. The van der Waals surface area contributed by atoms with Gasteiger partial charge < -0.3 is 20.1 Å². The number of anilines is 1. The van der Waals surface area contributed by atoms with E-state index in [0.29, 0.717) is 11.3 Å². The summed E-state index contributed by atoms with van der Waals surface area (Å²) in [5.74, 6) is 0.333. The molecule has 7 heteroatoms. The number of nitrogens with two attached hydrogens (primary N) is 1. The molecule has 2 aromatic heterocycles. The number of ether oxygens (including phenoxy) is 1. The number of hydrogen-bond acceptors (Lipinski definition) is 5. The summed E-state index contributed by atoms with van der Waals surface area (Å²) in [5, 5.41) is 8.99. The van der Waals surface area contributed by atoms with Crippen LogP contribution in [0.15, 0.2) is 18.6 Å². The molecule has 1 saturated heterocycles. The van der Waals surface area contributed by atoms with E-state index in [2.05, 4.69) is 9.97 Å². The Kier molecular flexibility index (Phi) is 2.64. The third-order valence-corrected chi connectivity index (χ3v) is 3.17. The molecule has 3 heterocycles. The van der Waals surface area contributed by atoms with Crippen LogP contribution in [0, 0.1) is 0 Å². The molecule has 0 amide bonds. The van der Waals surface area contributed by atoms with Gasteiger partial charge in [-0.15, -0.1) is 0 Å². The van der Waals surface area contributed by atoms with Crippen LogP contribution in [0.2, 0.25) is 0 Å². The summed E-state index contributed by atoms with van der Waals surface area (Å²) < 4.78 is 20.7. The van der Waals surface area contributed by atoms with E-state index in [1.807, 2.05) is 0 Å². The fraction of sp³-hybridized carbons (Fsp3) is 0.455. The Morgan fingerprint density at radius 1 is 1.56 bits per heavy atom. The van der Waals surface area contributed by atoms with Gasteiger partial charge in [-0.2, -0.15) is 0 Å². The lowest BCUT2D eigenvalue weighted by atomic mass is 10.2. The first-order valence-electron chi connectivity index (χ1n) is 5.68. The normalized spacial score (nSPS) is 28.0.